The molecule has 2 aliphatic heterocycles. The van der Waals surface area contributed by atoms with Crippen molar-refractivity contribution in [3.8, 4) is 5.88 Å². The third kappa shape index (κ3) is 6.23. The fourth-order valence-corrected chi connectivity index (χ4v) is 6.78. The van der Waals surface area contributed by atoms with Crippen molar-refractivity contribution in [3.05, 3.63) is 52.7 Å². The number of alkyl halides is 2. The van der Waals surface area contributed by atoms with Crippen LogP contribution in [-0.2, 0) is 22.4 Å². The molecule has 0 unspecified atom stereocenters. The Morgan fingerprint density at radius 2 is 1.77 bits per heavy atom. The third-order valence-corrected chi connectivity index (χ3v) is 8.84. The first kappa shape index (κ1) is 28.5. The van der Waals surface area contributed by atoms with E-state index in [1.54, 1.807) is 19.6 Å². The number of carboxylic acids is 1. The number of benzene rings is 1. The monoisotopic (exact) mass is 567 g/mol. The molecule has 0 aliphatic carbocycles. The zero-order valence-electron chi connectivity index (χ0n) is 21.7. The molecule has 0 bridgehead atoms. The lowest BCUT2D eigenvalue weighted by Crippen LogP contribution is -2.57. The van der Waals surface area contributed by atoms with Crippen LogP contribution in [0, 0.1) is 17.6 Å². The second-order valence-corrected chi connectivity index (χ2v) is 15.9. The second-order valence-electron chi connectivity index (χ2n) is 10.9. The highest BCUT2D eigenvalue weighted by molar-refractivity contribution is 6.88. The number of rotatable bonds is 8. The number of fused-ring (bicyclic) bond motifs is 1. The summed E-state index contributed by atoms with van der Waals surface area (Å²) in [4.78, 5) is 44.8. The fraction of sp³-hybridized carbons (Fsp3) is 0.462. The van der Waals surface area contributed by atoms with Gasteiger partial charge in [-0.15, -0.1) is 0 Å². The number of nitrogens with zero attached hydrogens (tertiary/aromatic N) is 3. The number of aromatic nitrogens is 1. The topological polar surface area (TPSA) is 100 Å². The molecule has 1 aromatic carbocycles. The van der Waals surface area contributed by atoms with Crippen molar-refractivity contribution in [2.24, 2.45) is 5.92 Å². The molecule has 1 N–H and O–H groups in total. The quantitative estimate of drug-likeness (QED) is 0.386. The van der Waals surface area contributed by atoms with Gasteiger partial charge in [0.05, 0.1) is 20.2 Å². The number of Topliss-reactive ketones (excluding diaryl/α,β-unsaturated/α-hetero) is 1. The van der Waals surface area contributed by atoms with E-state index in [2.05, 4.69) is 9.72 Å². The molecule has 1 fully saturated rings. The Hall–Kier alpha value is -3.48. The molecular weight excluding hydrogens is 538 g/mol. The van der Waals surface area contributed by atoms with E-state index < -0.39 is 50.1 Å². The number of halogens is 4. The van der Waals surface area contributed by atoms with E-state index in [4.69, 9.17) is 5.11 Å². The third-order valence-electron chi connectivity index (χ3n) is 6.86. The van der Waals surface area contributed by atoms with Crippen molar-refractivity contribution in [2.45, 2.75) is 51.6 Å². The van der Waals surface area contributed by atoms with Gasteiger partial charge in [0.1, 0.15) is 17.7 Å². The molecule has 1 atom stereocenters. The Bertz CT molecular complexity index is 1270. The average molecular weight is 568 g/mol. The lowest BCUT2D eigenvalue weighted by Gasteiger charge is -2.44. The Morgan fingerprint density at radius 1 is 1.13 bits per heavy atom. The van der Waals surface area contributed by atoms with Crippen LogP contribution in [0.3, 0.4) is 0 Å². The Balaban J connectivity index is 1.63. The van der Waals surface area contributed by atoms with E-state index >= 15 is 0 Å². The molecule has 1 saturated heterocycles. The van der Waals surface area contributed by atoms with Gasteiger partial charge in [-0.25, -0.2) is 18.6 Å². The summed E-state index contributed by atoms with van der Waals surface area (Å²) in [7, 11) is -2.34. The fourth-order valence-electron chi connectivity index (χ4n) is 5.20. The van der Waals surface area contributed by atoms with E-state index in [0.29, 0.717) is 11.3 Å². The highest BCUT2D eigenvalue weighted by Gasteiger charge is 2.42. The van der Waals surface area contributed by atoms with Gasteiger partial charge in [0.25, 0.3) is 0 Å². The number of ketones is 1. The van der Waals surface area contributed by atoms with Crippen molar-refractivity contribution in [1.82, 2.24) is 14.8 Å². The van der Waals surface area contributed by atoms with Gasteiger partial charge >= 0.3 is 18.6 Å². The first-order valence-electron chi connectivity index (χ1n) is 12.5. The molecule has 2 amide bonds. The number of hydrogen-bond acceptors (Lipinski definition) is 5. The number of carbonyl (C=O) groups excluding carboxylic acids is 2. The maximum absolute atomic E-state index is 14.9. The van der Waals surface area contributed by atoms with Gasteiger partial charge in [-0.2, -0.15) is 8.78 Å². The Morgan fingerprint density at radius 3 is 2.33 bits per heavy atom. The van der Waals surface area contributed by atoms with Crippen LogP contribution >= 0.6 is 0 Å². The molecule has 13 heteroatoms. The zero-order chi connectivity index (χ0) is 28.6. The first-order valence-corrected chi connectivity index (χ1v) is 16.0. The van der Waals surface area contributed by atoms with Gasteiger partial charge in [-0.05, 0) is 23.8 Å². The van der Waals surface area contributed by atoms with E-state index in [9.17, 15) is 31.9 Å². The summed E-state index contributed by atoms with van der Waals surface area (Å²) in [5.74, 6) is -3.50. The smallest absolute Gasteiger partial charge is 0.388 e. The molecule has 3 heterocycles. The molecule has 1 aromatic heterocycles. The normalized spacial score (nSPS) is 17.6. The number of likely N-dealkylation sites (tertiary alicyclic amines) is 1. The minimum Gasteiger partial charge on any atom is -0.481 e. The van der Waals surface area contributed by atoms with Crippen molar-refractivity contribution in [2.75, 3.05) is 19.6 Å². The Labute approximate surface area is 223 Å². The molecule has 210 valence electrons. The number of carboxylic acid groups (broad SMARTS) is 1. The number of carbonyl (C=O) groups is 3. The summed E-state index contributed by atoms with van der Waals surface area (Å²) in [5, 5.41) is 9.02. The predicted octanol–water partition coefficient (Wildman–Crippen LogP) is 3.74. The standard InChI is InChI=1S/C26H29F4N3O5Si/c1-39(2,3)24-17(27)8-14(9-18(24)28)10-20(34)23-16-4-5-21(38-25(29)30)31-19(16)6-7-33(23)26(37)32-12-15(13-32)11-22(35)36/h4-5,8-9,15,23,25H,6-7,10-13H2,1-3H3,(H,35,36)/t23-/m1/s1. The Kier molecular flexibility index (Phi) is 8.01. The van der Waals surface area contributed by atoms with Crippen LogP contribution in [-0.4, -0.2) is 72.0 Å². The lowest BCUT2D eigenvalue weighted by atomic mass is 9.90. The summed E-state index contributed by atoms with van der Waals surface area (Å²) < 4.78 is 59.5. The van der Waals surface area contributed by atoms with Gasteiger partial charge in [-0.3, -0.25) is 9.59 Å². The van der Waals surface area contributed by atoms with E-state index in [0.717, 1.165) is 12.1 Å². The summed E-state index contributed by atoms with van der Waals surface area (Å²) >= 11 is 0. The predicted molar refractivity (Wildman–Crippen MR) is 135 cm³/mol. The van der Waals surface area contributed by atoms with Gasteiger partial charge in [0, 0.05) is 55.2 Å². The molecule has 4 rings (SSSR count). The SMILES string of the molecule is C[Si](C)(C)c1c(F)cc(CC(=O)[C@H]2c3ccc(OC(F)F)nc3CCN2C(=O)N2CC(CC(=O)O)C2)cc1F. The molecule has 39 heavy (non-hydrogen) atoms. The van der Waals surface area contributed by atoms with Gasteiger partial charge < -0.3 is 19.6 Å². The highest BCUT2D eigenvalue weighted by Crippen LogP contribution is 2.34. The molecule has 8 nitrogen and oxygen atoms in total. The molecular formula is C26H29F4N3O5Si. The van der Waals surface area contributed by atoms with Crippen LogP contribution in [0.15, 0.2) is 24.3 Å². The van der Waals surface area contributed by atoms with Crippen molar-refractivity contribution in [3.63, 3.8) is 0 Å². The van der Waals surface area contributed by atoms with E-state index in [1.807, 2.05) is 0 Å². The van der Waals surface area contributed by atoms with Crippen LogP contribution in [0.4, 0.5) is 22.4 Å². The van der Waals surface area contributed by atoms with E-state index in [-0.39, 0.29) is 61.4 Å². The second kappa shape index (κ2) is 10.9. The number of hydrogen-bond donors (Lipinski definition) is 1. The number of urea groups is 1. The van der Waals surface area contributed by atoms with Gasteiger partial charge in [-0.1, -0.05) is 19.6 Å². The largest absolute Gasteiger partial charge is 0.481 e. The lowest BCUT2D eigenvalue weighted by molar-refractivity contribution is -0.139. The van der Waals surface area contributed by atoms with E-state index in [1.165, 1.54) is 21.9 Å². The number of ether oxygens (including phenoxy) is 1. The molecule has 0 saturated carbocycles. The maximum Gasteiger partial charge on any atom is 0.388 e. The highest BCUT2D eigenvalue weighted by atomic mass is 28.3. The maximum atomic E-state index is 14.9. The summed E-state index contributed by atoms with van der Waals surface area (Å²) in [6.45, 7) is 2.77. The summed E-state index contributed by atoms with van der Waals surface area (Å²) in [5.41, 5.74) is 0.713. The molecule has 0 spiro atoms. The summed E-state index contributed by atoms with van der Waals surface area (Å²) in [6, 6.07) is 3.16. The van der Waals surface area contributed by atoms with Crippen LogP contribution in [0.5, 0.6) is 5.88 Å². The van der Waals surface area contributed by atoms with Crippen molar-refractivity contribution < 1.29 is 41.8 Å². The van der Waals surface area contributed by atoms with Crippen LogP contribution < -0.4 is 9.92 Å². The molecule has 0 radical (unpaired) electrons. The number of aliphatic carboxylic acids is 1. The van der Waals surface area contributed by atoms with Crippen LogP contribution in [0.2, 0.25) is 19.6 Å². The minimum atomic E-state index is -3.09. The van der Waals surface area contributed by atoms with Crippen LogP contribution in [0.25, 0.3) is 0 Å². The summed E-state index contributed by atoms with van der Waals surface area (Å²) in [6.07, 6.45) is -0.313. The average Bonchev–Trinajstić information content (AvgIpc) is 2.77. The first-order chi connectivity index (χ1) is 18.2. The molecule has 2 aliphatic rings. The zero-order valence-corrected chi connectivity index (χ0v) is 22.7. The minimum absolute atomic E-state index is 0.0305. The van der Waals surface area contributed by atoms with Gasteiger partial charge in [0.15, 0.2) is 5.78 Å². The number of pyridine rings is 1. The molecule has 2 aromatic rings. The van der Waals surface area contributed by atoms with Crippen molar-refractivity contribution in [1.29, 1.82) is 0 Å². The van der Waals surface area contributed by atoms with Gasteiger partial charge in [0.2, 0.25) is 5.88 Å². The number of amides is 2. The van der Waals surface area contributed by atoms with Crippen molar-refractivity contribution >= 4 is 31.0 Å². The van der Waals surface area contributed by atoms with Crippen LogP contribution in [0.1, 0.15) is 29.3 Å².